The molecule has 0 amide bonds. The van der Waals surface area contributed by atoms with E-state index in [9.17, 15) is 0 Å². The number of benzene rings is 1. The minimum atomic E-state index is 1.28. The zero-order valence-corrected chi connectivity index (χ0v) is 33.2. The molecule has 0 aliphatic carbocycles. The Morgan fingerprint density at radius 1 is 0.311 bits per heavy atom. The van der Waals surface area contributed by atoms with Crippen LogP contribution in [-0.2, 0) is 0 Å². The van der Waals surface area contributed by atoms with Gasteiger partial charge in [0.1, 0.15) is 0 Å². The third-order valence-electron chi connectivity index (χ3n) is 9.19. The van der Waals surface area contributed by atoms with Crippen LogP contribution in [0.1, 0.15) is 213 Å². The molecule has 0 radical (unpaired) electrons. The van der Waals surface area contributed by atoms with Gasteiger partial charge in [-0.1, -0.05) is 194 Å². The fourth-order valence-electron chi connectivity index (χ4n) is 6.13. The molecule has 3 heteroatoms. The lowest BCUT2D eigenvalue weighted by Crippen LogP contribution is -1.89. The highest BCUT2D eigenvalue weighted by Crippen LogP contribution is 2.36. The summed E-state index contributed by atoms with van der Waals surface area (Å²) in [4.78, 5) is 4.61. The average molecular weight is 679 g/mol. The minimum Gasteiger partial charge on any atom is -0.126 e. The van der Waals surface area contributed by atoms with Crippen LogP contribution in [0, 0.1) is 0 Å². The molecule has 0 heterocycles. The van der Waals surface area contributed by atoms with E-state index in [4.69, 9.17) is 0 Å². The first-order valence-corrected chi connectivity index (χ1v) is 23.3. The van der Waals surface area contributed by atoms with E-state index >= 15 is 0 Å². The number of rotatable bonds is 36. The Kier molecular flexibility index (Phi) is 34.2. The fraction of sp³-hybridized carbons (Fsp3) is 0.857. The molecule has 0 saturated carbocycles. The van der Waals surface area contributed by atoms with E-state index in [1.54, 1.807) is 9.79 Å². The van der Waals surface area contributed by atoms with Crippen molar-refractivity contribution in [1.29, 1.82) is 0 Å². The van der Waals surface area contributed by atoms with Gasteiger partial charge in [-0.2, -0.15) is 0 Å². The summed E-state index contributed by atoms with van der Waals surface area (Å²) in [6.07, 6.45) is 42.8. The molecule has 0 nitrogen and oxygen atoms in total. The maximum absolute atomic E-state index is 2.54. The molecular weight excluding hydrogens is 601 g/mol. The predicted molar refractivity (Wildman–Crippen MR) is 214 cm³/mol. The molecule has 0 bridgehead atoms. The van der Waals surface area contributed by atoms with Gasteiger partial charge in [0.15, 0.2) is 0 Å². The number of unbranched alkanes of at least 4 members (excludes halogenated alkanes) is 27. The van der Waals surface area contributed by atoms with E-state index in [0.29, 0.717) is 0 Å². The second-order valence-corrected chi connectivity index (χ2v) is 17.1. The van der Waals surface area contributed by atoms with Gasteiger partial charge in [-0.25, -0.2) is 0 Å². The first kappa shape index (κ1) is 43.3. The van der Waals surface area contributed by atoms with Gasteiger partial charge in [0.05, 0.1) is 0 Å². The van der Waals surface area contributed by atoms with Gasteiger partial charge in [0.2, 0.25) is 0 Å². The van der Waals surface area contributed by atoms with Crippen LogP contribution >= 0.6 is 35.3 Å². The van der Waals surface area contributed by atoms with Gasteiger partial charge in [0.25, 0.3) is 0 Å². The van der Waals surface area contributed by atoms with Crippen LogP contribution in [0.3, 0.4) is 0 Å². The van der Waals surface area contributed by atoms with Crippen molar-refractivity contribution in [2.24, 2.45) is 0 Å². The predicted octanol–water partition coefficient (Wildman–Crippen LogP) is 16.7. The third kappa shape index (κ3) is 29.0. The Hall–Kier alpha value is 0.270. The summed E-state index contributed by atoms with van der Waals surface area (Å²) in [5.74, 6) is 3.85. The van der Waals surface area contributed by atoms with Crippen molar-refractivity contribution >= 4 is 35.3 Å². The van der Waals surface area contributed by atoms with Crippen molar-refractivity contribution in [2.75, 3.05) is 17.3 Å². The topological polar surface area (TPSA) is 0 Å². The monoisotopic (exact) mass is 679 g/mol. The molecule has 1 aromatic carbocycles. The fourth-order valence-corrected chi connectivity index (χ4v) is 9.43. The second-order valence-electron chi connectivity index (χ2n) is 13.7. The number of hydrogen-bond donors (Lipinski definition) is 0. The van der Waals surface area contributed by atoms with E-state index in [1.165, 1.54) is 215 Å². The van der Waals surface area contributed by atoms with Crippen molar-refractivity contribution in [3.8, 4) is 0 Å². The summed E-state index contributed by atoms with van der Waals surface area (Å²) in [6, 6.07) is 7.43. The van der Waals surface area contributed by atoms with E-state index in [0.717, 1.165) is 0 Å². The molecule has 1 aromatic rings. The first-order valence-electron chi connectivity index (χ1n) is 20.3. The minimum absolute atomic E-state index is 1.28. The van der Waals surface area contributed by atoms with Crippen LogP contribution in [0.15, 0.2) is 32.9 Å². The highest BCUT2D eigenvalue weighted by atomic mass is 32.2. The molecule has 0 unspecified atom stereocenters. The zero-order chi connectivity index (χ0) is 32.3. The Morgan fingerprint density at radius 2 is 0.600 bits per heavy atom. The number of hydrogen-bond acceptors (Lipinski definition) is 3. The van der Waals surface area contributed by atoms with Crippen molar-refractivity contribution in [1.82, 2.24) is 0 Å². The third-order valence-corrected chi connectivity index (χ3v) is 12.7. The summed E-state index contributed by atoms with van der Waals surface area (Å²) in [5, 5.41) is 0. The molecular formula is C42H78S3. The molecule has 0 atom stereocenters. The summed E-state index contributed by atoms with van der Waals surface area (Å²) in [6.45, 7) is 6.93. The number of thioether (sulfide) groups is 3. The van der Waals surface area contributed by atoms with Crippen LogP contribution < -0.4 is 0 Å². The molecule has 0 saturated heterocycles. The summed E-state index contributed by atoms with van der Waals surface area (Å²) >= 11 is 6.38. The average Bonchev–Trinajstić information content (AvgIpc) is 3.05. The van der Waals surface area contributed by atoms with E-state index in [2.05, 4.69) is 74.3 Å². The van der Waals surface area contributed by atoms with Crippen LogP contribution in [0.25, 0.3) is 0 Å². The molecule has 0 aliphatic heterocycles. The maximum Gasteiger partial charge on any atom is 0.0219 e. The van der Waals surface area contributed by atoms with Gasteiger partial charge in [-0.3, -0.25) is 0 Å². The Labute approximate surface area is 297 Å². The highest BCUT2D eigenvalue weighted by molar-refractivity contribution is 8.02. The Bertz CT molecular complexity index is 718. The summed E-state index contributed by atoms with van der Waals surface area (Å²) in [5.41, 5.74) is 0. The zero-order valence-electron chi connectivity index (χ0n) is 30.8. The van der Waals surface area contributed by atoms with Crippen LogP contribution in [-0.4, -0.2) is 17.3 Å². The summed E-state index contributed by atoms with van der Waals surface area (Å²) in [7, 11) is 0. The SMILES string of the molecule is CCCCCCCCCCCCSc1ccc(SCCCCCCCCCCCC)c(SCCCCCCCCCCCC)c1. The lowest BCUT2D eigenvalue weighted by atomic mass is 10.1. The van der Waals surface area contributed by atoms with Gasteiger partial charge < -0.3 is 0 Å². The molecule has 0 N–H and O–H groups in total. The normalized spacial score (nSPS) is 11.5. The molecule has 0 aliphatic rings. The summed E-state index contributed by atoms with van der Waals surface area (Å²) < 4.78 is 0. The maximum atomic E-state index is 2.54. The van der Waals surface area contributed by atoms with Crippen molar-refractivity contribution in [2.45, 2.75) is 228 Å². The Balaban J connectivity index is 2.33. The van der Waals surface area contributed by atoms with Gasteiger partial charge in [0, 0.05) is 14.7 Å². The van der Waals surface area contributed by atoms with Crippen molar-refractivity contribution in [3.63, 3.8) is 0 Å². The molecule has 264 valence electrons. The van der Waals surface area contributed by atoms with Crippen LogP contribution in [0.5, 0.6) is 0 Å². The largest absolute Gasteiger partial charge is 0.126 e. The molecule has 0 aromatic heterocycles. The van der Waals surface area contributed by atoms with E-state index in [1.807, 2.05) is 0 Å². The van der Waals surface area contributed by atoms with Gasteiger partial charge in [-0.15, -0.1) is 35.3 Å². The van der Waals surface area contributed by atoms with Crippen molar-refractivity contribution in [3.05, 3.63) is 18.2 Å². The smallest absolute Gasteiger partial charge is 0.0219 e. The Morgan fingerprint density at radius 3 is 0.956 bits per heavy atom. The van der Waals surface area contributed by atoms with Crippen LogP contribution in [0.4, 0.5) is 0 Å². The second kappa shape index (κ2) is 35.6. The van der Waals surface area contributed by atoms with Crippen molar-refractivity contribution < 1.29 is 0 Å². The molecule has 1 rings (SSSR count). The standard InChI is InChI=1S/C42H78S3/c1-4-7-10-13-16-19-22-25-28-31-36-43-40-34-35-41(44-37-32-29-26-23-20-17-14-11-8-5-2)42(39-40)45-38-33-30-27-24-21-18-15-12-9-6-3/h34-35,39H,4-33,36-38H2,1-3H3. The molecule has 45 heavy (non-hydrogen) atoms. The highest BCUT2D eigenvalue weighted by Gasteiger charge is 2.07. The quantitative estimate of drug-likeness (QED) is 0.0512. The first-order chi connectivity index (χ1) is 22.3. The molecule has 0 spiro atoms. The van der Waals surface area contributed by atoms with E-state index < -0.39 is 0 Å². The van der Waals surface area contributed by atoms with Gasteiger partial charge >= 0.3 is 0 Å². The lowest BCUT2D eigenvalue weighted by molar-refractivity contribution is 0.563. The lowest BCUT2D eigenvalue weighted by Gasteiger charge is -2.12. The van der Waals surface area contributed by atoms with Gasteiger partial charge in [-0.05, 0) is 54.7 Å². The van der Waals surface area contributed by atoms with Crippen LogP contribution in [0.2, 0.25) is 0 Å². The van der Waals surface area contributed by atoms with E-state index in [-0.39, 0.29) is 0 Å². The molecule has 0 fully saturated rings.